The standard InChI is InChI=1S/C25H29N3O4S/c1-16(2)17-9-11-18(12-10-17)32-14-23-26-21(15-33-23)24(29)27-19-6-3-4-7-20(19)28-25(30)22-8-5-13-31-22/h5,8-13,15-16,19-20H,3-4,6-7,14H2,1-2H3,(H,27,29)(H,28,30). The Morgan fingerprint density at radius 3 is 2.42 bits per heavy atom. The fraction of sp³-hybridized carbons (Fsp3) is 0.400. The lowest BCUT2D eigenvalue weighted by Gasteiger charge is -2.32. The lowest BCUT2D eigenvalue weighted by atomic mass is 9.90. The number of hydrogen-bond donors (Lipinski definition) is 2. The Morgan fingerprint density at radius 2 is 1.79 bits per heavy atom. The first-order chi connectivity index (χ1) is 16.0. The fourth-order valence-electron chi connectivity index (χ4n) is 3.94. The summed E-state index contributed by atoms with van der Waals surface area (Å²) >= 11 is 1.40. The van der Waals surface area contributed by atoms with Crippen LogP contribution < -0.4 is 15.4 Å². The van der Waals surface area contributed by atoms with E-state index in [1.807, 2.05) is 12.1 Å². The summed E-state index contributed by atoms with van der Waals surface area (Å²) in [5, 5.41) is 8.54. The van der Waals surface area contributed by atoms with E-state index in [0.29, 0.717) is 18.2 Å². The molecule has 33 heavy (non-hydrogen) atoms. The van der Waals surface area contributed by atoms with Crippen molar-refractivity contribution in [2.45, 2.75) is 64.1 Å². The van der Waals surface area contributed by atoms with Crippen molar-refractivity contribution >= 4 is 23.2 Å². The summed E-state index contributed by atoms with van der Waals surface area (Å²) in [6, 6.07) is 11.1. The van der Waals surface area contributed by atoms with Crippen molar-refractivity contribution in [1.82, 2.24) is 15.6 Å². The molecule has 1 aliphatic carbocycles. The Bertz CT molecular complexity index is 1060. The molecule has 2 heterocycles. The number of furan rings is 1. The maximum atomic E-state index is 12.8. The lowest BCUT2D eigenvalue weighted by Crippen LogP contribution is -2.53. The Kier molecular flexibility index (Phi) is 7.44. The van der Waals surface area contributed by atoms with Crippen molar-refractivity contribution in [1.29, 1.82) is 0 Å². The number of aromatic nitrogens is 1. The van der Waals surface area contributed by atoms with Gasteiger partial charge in [0.1, 0.15) is 23.1 Å². The van der Waals surface area contributed by atoms with Gasteiger partial charge in [-0.25, -0.2) is 4.98 Å². The van der Waals surface area contributed by atoms with Gasteiger partial charge in [-0.1, -0.05) is 38.8 Å². The molecule has 1 fully saturated rings. The van der Waals surface area contributed by atoms with Gasteiger partial charge in [-0.15, -0.1) is 11.3 Å². The van der Waals surface area contributed by atoms with E-state index in [4.69, 9.17) is 9.15 Å². The van der Waals surface area contributed by atoms with E-state index in [-0.39, 0.29) is 29.7 Å². The van der Waals surface area contributed by atoms with Crippen LogP contribution in [0.2, 0.25) is 0 Å². The number of amides is 2. The van der Waals surface area contributed by atoms with Crippen LogP contribution in [-0.4, -0.2) is 28.9 Å². The number of thiazole rings is 1. The van der Waals surface area contributed by atoms with Crippen LogP contribution >= 0.6 is 11.3 Å². The number of hydrogen-bond acceptors (Lipinski definition) is 6. The van der Waals surface area contributed by atoms with Crippen LogP contribution in [0.5, 0.6) is 5.75 Å². The van der Waals surface area contributed by atoms with Crippen LogP contribution in [0.25, 0.3) is 0 Å². The average molecular weight is 468 g/mol. The minimum Gasteiger partial charge on any atom is -0.486 e. The molecule has 8 heteroatoms. The van der Waals surface area contributed by atoms with Crippen molar-refractivity contribution in [3.8, 4) is 5.75 Å². The molecular weight excluding hydrogens is 438 g/mol. The summed E-state index contributed by atoms with van der Waals surface area (Å²) in [6.07, 6.45) is 5.10. The van der Waals surface area contributed by atoms with E-state index in [2.05, 4.69) is 41.6 Å². The molecule has 2 N–H and O–H groups in total. The number of carbonyl (C=O) groups excluding carboxylic acids is 2. The second kappa shape index (κ2) is 10.7. The van der Waals surface area contributed by atoms with E-state index in [9.17, 15) is 9.59 Å². The minimum absolute atomic E-state index is 0.143. The van der Waals surface area contributed by atoms with Crippen molar-refractivity contribution in [3.63, 3.8) is 0 Å². The maximum absolute atomic E-state index is 12.8. The Labute approximate surface area is 197 Å². The largest absolute Gasteiger partial charge is 0.486 e. The molecule has 0 spiro atoms. The SMILES string of the molecule is CC(C)c1ccc(OCc2nc(C(=O)NC3CCCCC3NC(=O)c3ccco3)cs2)cc1. The summed E-state index contributed by atoms with van der Waals surface area (Å²) in [6.45, 7) is 4.62. The molecule has 2 atom stereocenters. The predicted octanol–water partition coefficient (Wildman–Crippen LogP) is 4.91. The number of nitrogens with one attached hydrogen (secondary N) is 2. The van der Waals surface area contributed by atoms with Gasteiger partial charge in [-0.2, -0.15) is 0 Å². The zero-order chi connectivity index (χ0) is 23.2. The first-order valence-corrected chi connectivity index (χ1v) is 12.2. The highest BCUT2D eigenvalue weighted by Gasteiger charge is 2.29. The highest BCUT2D eigenvalue weighted by atomic mass is 32.1. The molecule has 0 bridgehead atoms. The lowest BCUT2D eigenvalue weighted by molar-refractivity contribution is 0.0845. The van der Waals surface area contributed by atoms with E-state index in [1.54, 1.807) is 17.5 Å². The van der Waals surface area contributed by atoms with Crippen LogP contribution in [0.15, 0.2) is 52.5 Å². The van der Waals surface area contributed by atoms with E-state index in [0.717, 1.165) is 36.4 Å². The van der Waals surface area contributed by atoms with Crippen LogP contribution in [0.4, 0.5) is 0 Å². The quantitative estimate of drug-likeness (QED) is 0.491. The normalized spacial score (nSPS) is 18.2. The maximum Gasteiger partial charge on any atom is 0.287 e. The van der Waals surface area contributed by atoms with Gasteiger partial charge in [0.2, 0.25) is 0 Å². The van der Waals surface area contributed by atoms with Gasteiger partial charge in [0.25, 0.3) is 11.8 Å². The summed E-state index contributed by atoms with van der Waals surface area (Å²) < 4.78 is 11.0. The van der Waals surface area contributed by atoms with Crippen molar-refractivity contribution in [3.05, 3.63) is 70.1 Å². The van der Waals surface area contributed by atoms with Gasteiger partial charge in [-0.05, 0) is 48.6 Å². The molecule has 4 rings (SSSR count). The third-order valence-electron chi connectivity index (χ3n) is 5.84. The predicted molar refractivity (Wildman–Crippen MR) is 127 cm³/mol. The summed E-state index contributed by atoms with van der Waals surface area (Å²) in [5.74, 6) is 1.02. The Hall–Kier alpha value is -3.13. The highest BCUT2D eigenvalue weighted by Crippen LogP contribution is 2.22. The molecule has 2 aromatic heterocycles. The highest BCUT2D eigenvalue weighted by molar-refractivity contribution is 7.09. The van der Waals surface area contributed by atoms with E-state index < -0.39 is 0 Å². The zero-order valence-corrected chi connectivity index (χ0v) is 19.7. The molecule has 0 saturated heterocycles. The van der Waals surface area contributed by atoms with Gasteiger partial charge in [-0.3, -0.25) is 9.59 Å². The molecule has 0 radical (unpaired) electrons. The summed E-state index contributed by atoms with van der Waals surface area (Å²) in [4.78, 5) is 29.6. The molecule has 0 aliphatic heterocycles. The number of nitrogens with zero attached hydrogens (tertiary/aromatic N) is 1. The number of rotatable bonds is 8. The molecule has 2 amide bonds. The van der Waals surface area contributed by atoms with Crippen molar-refractivity contribution in [2.24, 2.45) is 0 Å². The molecule has 3 aromatic rings. The molecule has 174 valence electrons. The van der Waals surface area contributed by atoms with Gasteiger partial charge in [0, 0.05) is 17.5 Å². The van der Waals surface area contributed by atoms with Crippen LogP contribution in [0.1, 0.15) is 77.1 Å². The summed E-state index contributed by atoms with van der Waals surface area (Å²) in [7, 11) is 0. The zero-order valence-electron chi connectivity index (χ0n) is 18.9. The van der Waals surface area contributed by atoms with Crippen molar-refractivity contribution in [2.75, 3.05) is 0 Å². The van der Waals surface area contributed by atoms with Gasteiger partial charge in [0.05, 0.1) is 6.26 Å². The monoisotopic (exact) mass is 467 g/mol. The third kappa shape index (κ3) is 6.01. The number of benzene rings is 1. The third-order valence-corrected chi connectivity index (χ3v) is 6.66. The minimum atomic E-state index is -0.263. The molecule has 1 aromatic carbocycles. The second-order valence-electron chi connectivity index (χ2n) is 8.56. The molecular formula is C25H29N3O4S. The number of carbonyl (C=O) groups is 2. The van der Waals surface area contributed by atoms with Crippen LogP contribution in [0.3, 0.4) is 0 Å². The first-order valence-electron chi connectivity index (χ1n) is 11.3. The van der Waals surface area contributed by atoms with Crippen molar-refractivity contribution < 1.29 is 18.7 Å². The molecule has 7 nitrogen and oxygen atoms in total. The first kappa shape index (κ1) is 23.0. The Balaban J connectivity index is 1.31. The molecule has 1 saturated carbocycles. The number of ether oxygens (including phenoxy) is 1. The Morgan fingerprint density at radius 1 is 1.09 bits per heavy atom. The van der Waals surface area contributed by atoms with Gasteiger partial charge < -0.3 is 19.8 Å². The smallest absolute Gasteiger partial charge is 0.287 e. The van der Waals surface area contributed by atoms with E-state index in [1.165, 1.54) is 23.2 Å². The topological polar surface area (TPSA) is 93.5 Å². The summed E-state index contributed by atoms with van der Waals surface area (Å²) in [5.41, 5.74) is 1.63. The average Bonchev–Trinajstić information content (AvgIpc) is 3.52. The van der Waals surface area contributed by atoms with Crippen LogP contribution in [-0.2, 0) is 6.61 Å². The fourth-order valence-corrected chi connectivity index (χ4v) is 4.63. The van der Waals surface area contributed by atoms with Gasteiger partial charge >= 0.3 is 0 Å². The molecule has 2 unspecified atom stereocenters. The van der Waals surface area contributed by atoms with Gasteiger partial charge in [0.15, 0.2) is 5.76 Å². The molecule has 1 aliphatic rings. The van der Waals surface area contributed by atoms with E-state index >= 15 is 0 Å². The van der Waals surface area contributed by atoms with Crippen LogP contribution in [0, 0.1) is 0 Å². The second-order valence-corrected chi connectivity index (χ2v) is 9.50.